The molecule has 0 heterocycles. The summed E-state index contributed by atoms with van der Waals surface area (Å²) in [4.78, 5) is 28.4. The van der Waals surface area contributed by atoms with E-state index in [0.29, 0.717) is 5.75 Å². The monoisotopic (exact) mass is 567 g/mol. The van der Waals surface area contributed by atoms with Crippen molar-refractivity contribution < 1.29 is 27.5 Å². The number of anilines is 1. The van der Waals surface area contributed by atoms with Crippen molar-refractivity contribution in [2.45, 2.75) is 51.2 Å². The highest BCUT2D eigenvalue weighted by molar-refractivity contribution is 7.92. The van der Waals surface area contributed by atoms with Crippen molar-refractivity contribution in [3.63, 3.8) is 0 Å². The third-order valence-electron chi connectivity index (χ3n) is 6.35. The number of nitrogens with one attached hydrogen (secondary N) is 1. The number of hydrogen-bond acceptors (Lipinski definition) is 6. The molecular formula is C30H37N3O6S. The summed E-state index contributed by atoms with van der Waals surface area (Å²) in [5.74, 6) is -0.108. The summed E-state index contributed by atoms with van der Waals surface area (Å²) < 4.78 is 39.6. The molecule has 3 aromatic carbocycles. The summed E-state index contributed by atoms with van der Waals surface area (Å²) in [6.07, 6.45) is 0. The summed E-state index contributed by atoms with van der Waals surface area (Å²) >= 11 is 0. The lowest BCUT2D eigenvalue weighted by Gasteiger charge is -2.32. The highest BCUT2D eigenvalue weighted by Gasteiger charge is 2.33. The number of methoxy groups -OCH3 is 2. The third-order valence-corrected chi connectivity index (χ3v) is 8.13. The minimum atomic E-state index is -4.23. The number of nitrogens with zero attached hydrogens (tertiary/aromatic N) is 2. The number of sulfonamides is 1. The van der Waals surface area contributed by atoms with Crippen LogP contribution in [0.4, 0.5) is 5.69 Å². The summed E-state index contributed by atoms with van der Waals surface area (Å²) in [6.45, 7) is 6.83. The van der Waals surface area contributed by atoms with Crippen LogP contribution in [0.1, 0.15) is 31.9 Å². The van der Waals surface area contributed by atoms with Crippen LogP contribution in [0.5, 0.6) is 11.5 Å². The zero-order valence-electron chi connectivity index (χ0n) is 23.7. The van der Waals surface area contributed by atoms with Crippen LogP contribution >= 0.6 is 0 Å². The second kappa shape index (κ2) is 13.3. The Hall–Kier alpha value is -4.05. The molecule has 0 unspecified atom stereocenters. The van der Waals surface area contributed by atoms with Crippen LogP contribution in [0.15, 0.2) is 77.7 Å². The summed E-state index contributed by atoms with van der Waals surface area (Å²) in [5.41, 5.74) is 2.06. The summed E-state index contributed by atoms with van der Waals surface area (Å²) in [5, 5.41) is 2.85. The van der Waals surface area contributed by atoms with E-state index in [4.69, 9.17) is 9.47 Å². The van der Waals surface area contributed by atoms with Crippen molar-refractivity contribution in [2.75, 3.05) is 25.1 Å². The van der Waals surface area contributed by atoms with Crippen molar-refractivity contribution in [1.82, 2.24) is 10.2 Å². The maximum atomic E-state index is 14.0. The Morgan fingerprint density at radius 2 is 1.50 bits per heavy atom. The molecule has 1 atom stereocenters. The topological polar surface area (TPSA) is 105 Å². The van der Waals surface area contributed by atoms with Gasteiger partial charge in [0, 0.05) is 12.6 Å². The van der Waals surface area contributed by atoms with Gasteiger partial charge >= 0.3 is 0 Å². The van der Waals surface area contributed by atoms with E-state index in [1.54, 1.807) is 31.2 Å². The molecule has 0 spiro atoms. The van der Waals surface area contributed by atoms with Crippen LogP contribution < -0.4 is 19.1 Å². The first kappa shape index (κ1) is 30.5. The van der Waals surface area contributed by atoms with Gasteiger partial charge in [-0.3, -0.25) is 13.9 Å². The molecule has 214 valence electrons. The van der Waals surface area contributed by atoms with Gasteiger partial charge in [-0.15, -0.1) is 0 Å². The molecule has 0 aliphatic rings. The highest BCUT2D eigenvalue weighted by Crippen LogP contribution is 2.33. The number of rotatable bonds is 12. The molecule has 0 bridgehead atoms. The lowest BCUT2D eigenvalue weighted by molar-refractivity contribution is -0.139. The van der Waals surface area contributed by atoms with E-state index in [2.05, 4.69) is 5.32 Å². The molecule has 3 rings (SSSR count). The summed E-state index contributed by atoms with van der Waals surface area (Å²) in [6, 6.07) is 19.1. The lowest BCUT2D eigenvalue weighted by Crippen LogP contribution is -2.52. The SMILES string of the molecule is COc1ccc(S(=O)(=O)N(CC(=O)N(Cc2ccc(C)cc2)[C@H](C)C(=O)NC(C)C)c2ccccc2OC)cc1. The normalized spacial score (nSPS) is 12.0. The smallest absolute Gasteiger partial charge is 0.264 e. The number of carbonyl (C=O) groups excluding carboxylic acids is 2. The van der Waals surface area contributed by atoms with Gasteiger partial charge in [-0.1, -0.05) is 42.0 Å². The Morgan fingerprint density at radius 3 is 2.08 bits per heavy atom. The second-order valence-electron chi connectivity index (χ2n) is 9.71. The van der Waals surface area contributed by atoms with Gasteiger partial charge in [0.25, 0.3) is 10.0 Å². The number of para-hydroxylation sites is 2. The average Bonchev–Trinajstić information content (AvgIpc) is 2.94. The molecule has 2 amide bonds. The van der Waals surface area contributed by atoms with E-state index >= 15 is 0 Å². The Morgan fingerprint density at radius 1 is 0.875 bits per heavy atom. The molecule has 1 N–H and O–H groups in total. The molecular weight excluding hydrogens is 530 g/mol. The molecule has 40 heavy (non-hydrogen) atoms. The van der Waals surface area contributed by atoms with E-state index in [9.17, 15) is 18.0 Å². The maximum Gasteiger partial charge on any atom is 0.264 e. The molecule has 10 heteroatoms. The van der Waals surface area contributed by atoms with Gasteiger partial charge in [0.2, 0.25) is 11.8 Å². The standard InChI is InChI=1S/C30H37N3O6S/c1-21(2)31-30(35)23(4)32(19-24-13-11-22(3)12-14-24)29(34)20-33(27-9-7-8-10-28(27)39-6)40(36,37)26-17-15-25(38-5)16-18-26/h7-18,21,23H,19-20H2,1-6H3,(H,31,35)/t23-/m1/s1. The van der Waals surface area contributed by atoms with Crippen LogP contribution in [-0.4, -0.2) is 58.0 Å². The summed E-state index contributed by atoms with van der Waals surface area (Å²) in [7, 11) is -1.31. The first-order valence-corrected chi connectivity index (χ1v) is 14.4. The first-order valence-electron chi connectivity index (χ1n) is 12.9. The number of ether oxygens (including phenoxy) is 2. The van der Waals surface area contributed by atoms with Gasteiger partial charge in [-0.2, -0.15) is 0 Å². The number of carbonyl (C=O) groups is 2. The van der Waals surface area contributed by atoms with Gasteiger partial charge in [0.15, 0.2) is 0 Å². The fraction of sp³-hybridized carbons (Fsp3) is 0.333. The number of benzene rings is 3. The van der Waals surface area contributed by atoms with Crippen molar-refractivity contribution in [1.29, 1.82) is 0 Å². The van der Waals surface area contributed by atoms with Crippen molar-refractivity contribution in [2.24, 2.45) is 0 Å². The van der Waals surface area contributed by atoms with E-state index in [1.807, 2.05) is 45.0 Å². The van der Waals surface area contributed by atoms with Crippen LogP contribution in [0.25, 0.3) is 0 Å². The molecule has 0 aliphatic heterocycles. The highest BCUT2D eigenvalue weighted by atomic mass is 32.2. The Bertz CT molecular complexity index is 1410. The molecule has 3 aromatic rings. The number of aryl methyl sites for hydroxylation is 1. The first-order chi connectivity index (χ1) is 19.0. The number of amides is 2. The van der Waals surface area contributed by atoms with Gasteiger partial charge in [0.05, 0.1) is 24.8 Å². The van der Waals surface area contributed by atoms with Crippen molar-refractivity contribution in [3.8, 4) is 11.5 Å². The van der Waals surface area contributed by atoms with E-state index in [0.717, 1.165) is 15.4 Å². The fourth-order valence-corrected chi connectivity index (χ4v) is 5.53. The fourth-order valence-electron chi connectivity index (χ4n) is 4.10. The van der Waals surface area contributed by atoms with Crippen LogP contribution in [-0.2, 0) is 26.2 Å². The van der Waals surface area contributed by atoms with Crippen molar-refractivity contribution >= 4 is 27.5 Å². The maximum absolute atomic E-state index is 14.0. The van der Waals surface area contributed by atoms with Gasteiger partial charge < -0.3 is 19.7 Å². The quantitative estimate of drug-likeness (QED) is 0.353. The zero-order valence-corrected chi connectivity index (χ0v) is 24.6. The minimum Gasteiger partial charge on any atom is -0.497 e. The van der Waals surface area contributed by atoms with Crippen LogP contribution in [0.2, 0.25) is 0 Å². The predicted molar refractivity (Wildman–Crippen MR) is 155 cm³/mol. The lowest BCUT2D eigenvalue weighted by atomic mass is 10.1. The predicted octanol–water partition coefficient (Wildman–Crippen LogP) is 4.15. The third kappa shape index (κ3) is 7.32. The van der Waals surface area contributed by atoms with Crippen molar-refractivity contribution in [3.05, 3.63) is 83.9 Å². The molecule has 0 saturated carbocycles. The second-order valence-corrected chi connectivity index (χ2v) is 11.6. The Labute approximate surface area is 236 Å². The van der Waals surface area contributed by atoms with Gasteiger partial charge in [0.1, 0.15) is 24.1 Å². The average molecular weight is 568 g/mol. The largest absolute Gasteiger partial charge is 0.497 e. The molecule has 0 saturated heterocycles. The Kier molecular flexibility index (Phi) is 10.2. The molecule has 0 aromatic heterocycles. The Balaban J connectivity index is 2.06. The van der Waals surface area contributed by atoms with Gasteiger partial charge in [-0.25, -0.2) is 8.42 Å². The molecule has 0 aliphatic carbocycles. The van der Waals surface area contributed by atoms with E-state index in [1.165, 1.54) is 43.4 Å². The molecule has 0 radical (unpaired) electrons. The van der Waals surface area contributed by atoms with Gasteiger partial charge in [-0.05, 0) is 69.7 Å². The number of hydrogen-bond donors (Lipinski definition) is 1. The zero-order chi connectivity index (χ0) is 29.4. The minimum absolute atomic E-state index is 0.0253. The van der Waals surface area contributed by atoms with E-state index < -0.39 is 28.5 Å². The molecule has 0 fully saturated rings. The molecule has 9 nitrogen and oxygen atoms in total. The van der Waals surface area contributed by atoms with Crippen LogP contribution in [0, 0.1) is 6.92 Å². The van der Waals surface area contributed by atoms with Crippen LogP contribution in [0.3, 0.4) is 0 Å². The van der Waals surface area contributed by atoms with E-state index in [-0.39, 0.29) is 34.8 Å².